The van der Waals surface area contributed by atoms with E-state index in [1.54, 1.807) is 0 Å². The predicted octanol–water partition coefficient (Wildman–Crippen LogP) is 3.36. The molecular formula is C20H27NO3. The Morgan fingerprint density at radius 2 is 1.67 bits per heavy atom. The molecule has 0 radical (unpaired) electrons. The number of nitrogens with zero attached hydrogens (tertiary/aromatic N) is 1. The summed E-state index contributed by atoms with van der Waals surface area (Å²) in [5, 5.41) is 9.09. The second-order valence-electron chi connectivity index (χ2n) is 7.34. The molecule has 0 bridgehead atoms. The number of aryl methyl sites for hydroxylation is 1. The molecule has 0 unspecified atom stereocenters. The molecule has 1 N–H and O–H groups in total. The van der Waals surface area contributed by atoms with E-state index in [0.717, 1.165) is 38.8 Å². The van der Waals surface area contributed by atoms with E-state index in [0.29, 0.717) is 18.8 Å². The van der Waals surface area contributed by atoms with Crippen molar-refractivity contribution < 1.29 is 14.7 Å². The number of rotatable bonds is 5. The van der Waals surface area contributed by atoms with Gasteiger partial charge in [0, 0.05) is 19.0 Å². The lowest BCUT2D eigenvalue weighted by molar-refractivity contribution is -0.141. The lowest BCUT2D eigenvalue weighted by Crippen LogP contribution is -2.41. The van der Waals surface area contributed by atoms with Crippen molar-refractivity contribution in [3.8, 4) is 0 Å². The molecule has 1 amide bonds. The quantitative estimate of drug-likeness (QED) is 0.901. The zero-order valence-electron chi connectivity index (χ0n) is 14.2. The summed E-state index contributed by atoms with van der Waals surface area (Å²) in [6.07, 6.45) is 6.38. The minimum atomic E-state index is -0.745. The van der Waals surface area contributed by atoms with Gasteiger partial charge in [0.25, 0.3) is 0 Å². The number of hydrogen-bond donors (Lipinski definition) is 1. The van der Waals surface area contributed by atoms with Crippen LogP contribution >= 0.6 is 0 Å². The molecule has 2 fully saturated rings. The number of carbonyl (C=O) groups excluding carboxylic acids is 1. The minimum Gasteiger partial charge on any atom is -0.481 e. The van der Waals surface area contributed by atoms with Crippen LogP contribution in [-0.4, -0.2) is 35.0 Å². The van der Waals surface area contributed by atoms with Crippen molar-refractivity contribution in [2.24, 2.45) is 17.8 Å². The van der Waals surface area contributed by atoms with E-state index in [1.807, 2.05) is 11.0 Å². The highest BCUT2D eigenvalue weighted by molar-refractivity contribution is 5.81. The number of carbonyl (C=O) groups is 2. The molecule has 1 aromatic rings. The Kier molecular flexibility index (Phi) is 5.54. The Hall–Kier alpha value is -1.84. The first kappa shape index (κ1) is 17.0. The van der Waals surface area contributed by atoms with Crippen molar-refractivity contribution >= 4 is 11.9 Å². The van der Waals surface area contributed by atoms with E-state index in [9.17, 15) is 9.59 Å². The van der Waals surface area contributed by atoms with Gasteiger partial charge >= 0.3 is 5.97 Å². The highest BCUT2D eigenvalue weighted by Gasteiger charge is 2.36. The first-order valence-electron chi connectivity index (χ1n) is 9.19. The van der Waals surface area contributed by atoms with Gasteiger partial charge in [0.2, 0.25) is 5.91 Å². The number of benzene rings is 1. The largest absolute Gasteiger partial charge is 0.481 e. The van der Waals surface area contributed by atoms with Crippen molar-refractivity contribution in [2.75, 3.05) is 13.1 Å². The number of amides is 1. The zero-order chi connectivity index (χ0) is 16.9. The molecule has 1 aliphatic heterocycles. The molecule has 3 rings (SSSR count). The normalized spacial score (nSPS) is 24.9. The van der Waals surface area contributed by atoms with E-state index in [2.05, 4.69) is 24.3 Å². The fraction of sp³-hybridized carbons (Fsp3) is 0.600. The van der Waals surface area contributed by atoms with Crippen LogP contribution in [0.15, 0.2) is 30.3 Å². The van der Waals surface area contributed by atoms with E-state index < -0.39 is 5.97 Å². The number of hydrogen-bond acceptors (Lipinski definition) is 2. The SMILES string of the molecule is O=C(O)[C@@H]1CC[C@H](C(=O)N2CCC(CCc3ccccc3)CC2)C1. The predicted molar refractivity (Wildman–Crippen MR) is 92.5 cm³/mol. The molecule has 1 saturated heterocycles. The maximum Gasteiger partial charge on any atom is 0.306 e. The monoisotopic (exact) mass is 329 g/mol. The topological polar surface area (TPSA) is 57.6 Å². The molecule has 1 aliphatic carbocycles. The molecule has 1 heterocycles. The summed E-state index contributed by atoms with van der Waals surface area (Å²) in [7, 11) is 0. The van der Waals surface area contributed by atoms with Crippen LogP contribution < -0.4 is 0 Å². The molecule has 1 saturated carbocycles. The van der Waals surface area contributed by atoms with Gasteiger partial charge in [0.1, 0.15) is 0 Å². The number of carboxylic acid groups (broad SMARTS) is 1. The van der Waals surface area contributed by atoms with Crippen molar-refractivity contribution in [3.63, 3.8) is 0 Å². The van der Waals surface area contributed by atoms with Gasteiger partial charge in [-0.1, -0.05) is 30.3 Å². The smallest absolute Gasteiger partial charge is 0.306 e. The second-order valence-corrected chi connectivity index (χ2v) is 7.34. The van der Waals surface area contributed by atoms with E-state index >= 15 is 0 Å². The molecular weight excluding hydrogens is 302 g/mol. The van der Waals surface area contributed by atoms with Crippen LogP contribution in [0.5, 0.6) is 0 Å². The van der Waals surface area contributed by atoms with Crippen molar-refractivity contribution in [1.82, 2.24) is 4.90 Å². The molecule has 2 atom stereocenters. The van der Waals surface area contributed by atoms with Gasteiger partial charge in [0.05, 0.1) is 5.92 Å². The van der Waals surface area contributed by atoms with Gasteiger partial charge in [-0.15, -0.1) is 0 Å². The first-order chi connectivity index (χ1) is 11.6. The summed E-state index contributed by atoms with van der Waals surface area (Å²) in [5.74, 6) is -0.232. The van der Waals surface area contributed by atoms with Crippen LogP contribution in [0.25, 0.3) is 0 Å². The Morgan fingerprint density at radius 3 is 2.29 bits per heavy atom. The molecule has 4 nitrogen and oxygen atoms in total. The van der Waals surface area contributed by atoms with Crippen LogP contribution in [0.2, 0.25) is 0 Å². The lowest BCUT2D eigenvalue weighted by atomic mass is 9.90. The summed E-state index contributed by atoms with van der Waals surface area (Å²) in [6.45, 7) is 1.68. The fourth-order valence-electron chi connectivity index (χ4n) is 4.15. The summed E-state index contributed by atoms with van der Waals surface area (Å²) < 4.78 is 0. The molecule has 2 aliphatic rings. The molecule has 24 heavy (non-hydrogen) atoms. The number of piperidine rings is 1. The first-order valence-corrected chi connectivity index (χ1v) is 9.19. The summed E-state index contributed by atoms with van der Waals surface area (Å²) >= 11 is 0. The third-order valence-electron chi connectivity index (χ3n) is 5.74. The van der Waals surface area contributed by atoms with E-state index in [-0.39, 0.29) is 17.7 Å². The average Bonchev–Trinajstić information content (AvgIpc) is 3.11. The van der Waals surface area contributed by atoms with Crippen LogP contribution in [-0.2, 0) is 16.0 Å². The van der Waals surface area contributed by atoms with Gasteiger partial charge in [-0.2, -0.15) is 0 Å². The number of likely N-dealkylation sites (tertiary alicyclic amines) is 1. The molecule has 0 aromatic heterocycles. The van der Waals surface area contributed by atoms with Crippen molar-refractivity contribution in [1.29, 1.82) is 0 Å². The summed E-state index contributed by atoms with van der Waals surface area (Å²) in [5.41, 5.74) is 1.39. The van der Waals surface area contributed by atoms with Crippen molar-refractivity contribution in [2.45, 2.75) is 44.9 Å². The van der Waals surface area contributed by atoms with Gasteiger partial charge in [-0.05, 0) is 56.4 Å². The Morgan fingerprint density at radius 1 is 1.00 bits per heavy atom. The summed E-state index contributed by atoms with van der Waals surface area (Å²) in [6, 6.07) is 10.6. The Balaban J connectivity index is 1.42. The highest BCUT2D eigenvalue weighted by atomic mass is 16.4. The number of carboxylic acids is 1. The highest BCUT2D eigenvalue weighted by Crippen LogP contribution is 2.33. The van der Waals surface area contributed by atoms with Gasteiger partial charge < -0.3 is 10.0 Å². The Labute approximate surface area is 143 Å². The van der Waals surface area contributed by atoms with Crippen LogP contribution in [0.4, 0.5) is 0 Å². The number of aliphatic carboxylic acids is 1. The van der Waals surface area contributed by atoms with Crippen LogP contribution in [0, 0.1) is 17.8 Å². The summed E-state index contributed by atoms with van der Waals surface area (Å²) in [4.78, 5) is 25.6. The maximum atomic E-state index is 12.6. The third-order valence-corrected chi connectivity index (χ3v) is 5.74. The standard InChI is InChI=1S/C20H27NO3/c22-19(17-8-9-18(14-17)20(23)24)21-12-10-16(11-13-21)7-6-15-4-2-1-3-5-15/h1-5,16-18H,6-14H2,(H,23,24)/t17-,18+/m0/s1. The lowest BCUT2D eigenvalue weighted by Gasteiger charge is -2.33. The van der Waals surface area contributed by atoms with Gasteiger partial charge in [-0.3, -0.25) is 9.59 Å². The van der Waals surface area contributed by atoms with Gasteiger partial charge in [-0.25, -0.2) is 0 Å². The minimum absolute atomic E-state index is 0.0630. The molecule has 4 heteroatoms. The Bertz CT molecular complexity index is 564. The third kappa shape index (κ3) is 4.16. The average molecular weight is 329 g/mol. The van der Waals surface area contributed by atoms with E-state index in [4.69, 9.17) is 5.11 Å². The van der Waals surface area contributed by atoms with E-state index in [1.165, 1.54) is 12.0 Å². The molecule has 130 valence electrons. The van der Waals surface area contributed by atoms with Crippen LogP contribution in [0.3, 0.4) is 0 Å². The fourth-order valence-corrected chi connectivity index (χ4v) is 4.15. The molecule has 1 aromatic carbocycles. The van der Waals surface area contributed by atoms with Gasteiger partial charge in [0.15, 0.2) is 0 Å². The second kappa shape index (κ2) is 7.82. The van der Waals surface area contributed by atoms with Crippen molar-refractivity contribution in [3.05, 3.63) is 35.9 Å². The van der Waals surface area contributed by atoms with Crippen LogP contribution in [0.1, 0.15) is 44.1 Å². The molecule has 0 spiro atoms. The zero-order valence-corrected chi connectivity index (χ0v) is 14.2. The maximum absolute atomic E-state index is 12.6.